The molecule has 0 saturated heterocycles. The first-order valence-electron chi connectivity index (χ1n) is 2.88. The van der Waals surface area contributed by atoms with Crippen molar-refractivity contribution in [3.8, 4) is 0 Å². The maximum absolute atomic E-state index is 2.33. The van der Waals surface area contributed by atoms with Crippen molar-refractivity contribution in [1.82, 2.24) is 4.90 Å². The minimum Gasteiger partial charge on any atom is -0.282 e. The minimum atomic E-state index is 0. The van der Waals surface area contributed by atoms with Gasteiger partial charge in [-0.05, 0) is 18.7 Å². The van der Waals surface area contributed by atoms with Crippen LogP contribution in [0.1, 0.15) is 0 Å². The first-order valence-corrected chi connectivity index (χ1v) is 5.11. The molecule has 0 saturated carbocycles. The van der Waals surface area contributed by atoms with E-state index in [0.29, 0.717) is 4.71 Å². The van der Waals surface area contributed by atoms with Gasteiger partial charge in [0.05, 0.1) is 0 Å². The van der Waals surface area contributed by atoms with Crippen molar-refractivity contribution in [2.24, 2.45) is 0 Å². The molecular weight excluding hydrogens is 277 g/mol. The van der Waals surface area contributed by atoms with Crippen LogP contribution in [0.3, 0.4) is 0 Å². The lowest BCUT2D eigenvalue weighted by molar-refractivity contribution is 0.413. The number of rotatable bonds is 1. The summed E-state index contributed by atoms with van der Waals surface area (Å²) >= 11 is 3.77. The Balaban J connectivity index is 0.000000810. The van der Waals surface area contributed by atoms with Gasteiger partial charge in [-0.1, -0.05) is 6.08 Å². The van der Waals surface area contributed by atoms with Crippen LogP contribution in [0.5, 0.6) is 0 Å². The van der Waals surface area contributed by atoms with Gasteiger partial charge in [0.15, 0.2) is 0 Å². The number of nitrogens with zero attached hydrogens (tertiary/aromatic N) is 1. The van der Waals surface area contributed by atoms with Gasteiger partial charge in [-0.15, -0.1) is 47.5 Å². The molecule has 10 heavy (non-hydrogen) atoms. The smallest absolute Gasteiger partial charge is 0.106 e. The Bertz CT molecular complexity index is 118. The maximum atomic E-state index is 2.33. The summed E-state index contributed by atoms with van der Waals surface area (Å²) in [4.78, 5) is 2.33. The van der Waals surface area contributed by atoms with E-state index in [2.05, 4.69) is 29.7 Å². The summed E-state index contributed by atoms with van der Waals surface area (Å²) in [5, 5.41) is 2.18. The van der Waals surface area contributed by atoms with E-state index in [4.69, 9.17) is 0 Å². The van der Waals surface area contributed by atoms with Gasteiger partial charge < -0.3 is 0 Å². The summed E-state index contributed by atoms with van der Waals surface area (Å²) in [5.41, 5.74) is 0. The van der Waals surface area contributed by atoms with Gasteiger partial charge in [-0.2, -0.15) is 0 Å². The van der Waals surface area contributed by atoms with E-state index in [1.165, 1.54) is 0 Å². The van der Waals surface area contributed by atoms with Gasteiger partial charge >= 0.3 is 0 Å². The van der Waals surface area contributed by atoms with E-state index in [1.54, 1.807) is 0 Å². The Labute approximate surface area is 88.0 Å². The normalized spacial score (nSPS) is 26.0. The van der Waals surface area contributed by atoms with Crippen molar-refractivity contribution in [1.29, 1.82) is 0 Å². The number of hydrogen-bond acceptors (Lipinski definition) is 3. The van der Waals surface area contributed by atoms with Crippen molar-refractivity contribution in [2.45, 2.75) is 4.71 Å². The average molecular weight is 289 g/mol. The average Bonchev–Trinajstić information content (AvgIpc) is 1.89. The summed E-state index contributed by atoms with van der Waals surface area (Å²) in [6.07, 6.45) is 4.34. The fourth-order valence-corrected chi connectivity index (χ4v) is 2.47. The molecule has 0 aromatic rings. The molecule has 1 rings (SSSR count). The Hall–Kier alpha value is 1.13. The zero-order valence-corrected chi connectivity index (χ0v) is 10.1. The van der Waals surface area contributed by atoms with Gasteiger partial charge in [0, 0.05) is 6.54 Å². The monoisotopic (exact) mass is 289 g/mol. The molecule has 0 spiro atoms. The Morgan fingerprint density at radius 3 is 2.80 bits per heavy atom. The number of thioether (sulfide) groups is 2. The molecule has 0 amide bonds. The van der Waals surface area contributed by atoms with Gasteiger partial charge in [-0.3, -0.25) is 4.90 Å². The van der Waals surface area contributed by atoms with Crippen LogP contribution in [0.4, 0.5) is 0 Å². The van der Waals surface area contributed by atoms with Gasteiger partial charge in [0.25, 0.3) is 0 Å². The zero-order valence-electron chi connectivity index (χ0n) is 6.11. The summed E-state index contributed by atoms with van der Waals surface area (Å²) in [6.45, 7) is 1.10. The molecule has 0 N–H and O–H groups in total. The highest BCUT2D eigenvalue weighted by Crippen LogP contribution is 2.27. The molecule has 4 heteroatoms. The van der Waals surface area contributed by atoms with E-state index in [9.17, 15) is 0 Å². The SMILES string of the molecule is CSC1SC=CCN1C.I. The summed E-state index contributed by atoms with van der Waals surface area (Å²) < 4.78 is 0.634. The third-order valence-electron chi connectivity index (χ3n) is 1.25. The Morgan fingerprint density at radius 1 is 1.70 bits per heavy atom. The molecule has 1 aliphatic rings. The molecular formula is C6H12INS2. The highest BCUT2D eigenvalue weighted by atomic mass is 127. The third-order valence-corrected chi connectivity index (χ3v) is 3.86. The van der Waals surface area contributed by atoms with Gasteiger partial charge in [0.1, 0.15) is 4.71 Å². The molecule has 1 nitrogen and oxygen atoms in total. The van der Waals surface area contributed by atoms with Gasteiger partial charge in [-0.25, -0.2) is 0 Å². The second kappa shape index (κ2) is 5.74. The molecule has 0 radical (unpaired) electrons. The van der Waals surface area contributed by atoms with Crippen molar-refractivity contribution < 1.29 is 0 Å². The van der Waals surface area contributed by atoms with Crippen LogP contribution in [-0.2, 0) is 0 Å². The van der Waals surface area contributed by atoms with E-state index in [-0.39, 0.29) is 24.0 Å². The molecule has 1 atom stereocenters. The van der Waals surface area contributed by atoms with Crippen molar-refractivity contribution in [3.63, 3.8) is 0 Å². The molecule has 60 valence electrons. The number of halogens is 1. The first-order chi connectivity index (χ1) is 4.34. The van der Waals surface area contributed by atoms with Crippen LogP contribution in [0.15, 0.2) is 11.5 Å². The summed E-state index contributed by atoms with van der Waals surface area (Å²) in [7, 11) is 2.15. The molecule has 0 bridgehead atoms. The summed E-state index contributed by atoms with van der Waals surface area (Å²) in [5.74, 6) is 0. The van der Waals surface area contributed by atoms with Crippen LogP contribution < -0.4 is 0 Å². The Kier molecular flexibility index (Phi) is 6.39. The first kappa shape index (κ1) is 11.1. The largest absolute Gasteiger partial charge is 0.282 e. The predicted molar refractivity (Wildman–Crippen MR) is 62.1 cm³/mol. The molecule has 1 heterocycles. The van der Waals surface area contributed by atoms with Gasteiger partial charge in [0.2, 0.25) is 0 Å². The van der Waals surface area contributed by atoms with Crippen LogP contribution in [0.2, 0.25) is 0 Å². The molecule has 0 fully saturated rings. The van der Waals surface area contributed by atoms with Crippen molar-refractivity contribution in [2.75, 3.05) is 19.8 Å². The standard InChI is InChI=1S/C6H11NS2.HI/c1-7-4-3-5-9-6(7)8-2;/h3,5-6H,4H2,1-2H3;1H. The van der Waals surface area contributed by atoms with Crippen molar-refractivity contribution in [3.05, 3.63) is 11.5 Å². The fraction of sp³-hybridized carbons (Fsp3) is 0.667. The zero-order chi connectivity index (χ0) is 6.69. The second-order valence-corrected chi connectivity index (χ2v) is 4.20. The third kappa shape index (κ3) is 3.02. The lowest BCUT2D eigenvalue weighted by Crippen LogP contribution is -2.27. The van der Waals surface area contributed by atoms with E-state index < -0.39 is 0 Å². The lowest BCUT2D eigenvalue weighted by Gasteiger charge is -2.26. The van der Waals surface area contributed by atoms with E-state index >= 15 is 0 Å². The topological polar surface area (TPSA) is 3.24 Å². The highest BCUT2D eigenvalue weighted by Gasteiger charge is 2.13. The highest BCUT2D eigenvalue weighted by molar-refractivity contribution is 14.0. The fourth-order valence-electron chi connectivity index (χ4n) is 0.758. The van der Waals surface area contributed by atoms with Crippen LogP contribution in [0.25, 0.3) is 0 Å². The predicted octanol–water partition coefficient (Wildman–Crippen LogP) is 2.44. The van der Waals surface area contributed by atoms with E-state index in [1.807, 2.05) is 23.5 Å². The molecule has 0 aromatic heterocycles. The van der Waals surface area contributed by atoms with Crippen LogP contribution in [0, 0.1) is 0 Å². The minimum absolute atomic E-state index is 0. The molecule has 0 aromatic carbocycles. The maximum Gasteiger partial charge on any atom is 0.106 e. The molecule has 1 aliphatic heterocycles. The van der Waals surface area contributed by atoms with Crippen LogP contribution in [-0.4, -0.2) is 29.5 Å². The number of likely N-dealkylation sites (N-methyl/N-ethyl adjacent to an activating group) is 1. The van der Waals surface area contributed by atoms with E-state index in [0.717, 1.165) is 6.54 Å². The quantitative estimate of drug-likeness (QED) is 0.683. The van der Waals surface area contributed by atoms with Crippen molar-refractivity contribution >= 4 is 47.5 Å². The second-order valence-electron chi connectivity index (χ2n) is 1.99. The molecule has 0 aliphatic carbocycles. The number of hydrogen-bond donors (Lipinski definition) is 0. The summed E-state index contributed by atoms with van der Waals surface area (Å²) in [6, 6.07) is 0. The lowest BCUT2D eigenvalue weighted by atomic mass is 10.6. The molecule has 1 unspecified atom stereocenters. The Morgan fingerprint density at radius 2 is 2.40 bits per heavy atom. The van der Waals surface area contributed by atoms with Crippen LogP contribution >= 0.6 is 47.5 Å².